The highest BCUT2D eigenvalue weighted by molar-refractivity contribution is 7.18. The lowest BCUT2D eigenvalue weighted by atomic mass is 9.97. The van der Waals surface area contributed by atoms with Gasteiger partial charge in [0.25, 0.3) is 5.56 Å². The van der Waals surface area contributed by atoms with Crippen LogP contribution in [0.3, 0.4) is 0 Å². The predicted molar refractivity (Wildman–Crippen MR) is 73.2 cm³/mol. The van der Waals surface area contributed by atoms with Gasteiger partial charge in [-0.05, 0) is 31.2 Å². The maximum Gasteiger partial charge on any atom is 0.281 e. The molecule has 1 N–H and O–H groups in total. The maximum absolute atomic E-state index is 12.6. The van der Waals surface area contributed by atoms with Crippen LogP contribution in [0.5, 0.6) is 0 Å². The Morgan fingerprint density at radius 3 is 2.84 bits per heavy atom. The minimum absolute atomic E-state index is 0.104. The van der Waals surface area contributed by atoms with E-state index in [-0.39, 0.29) is 11.5 Å². The van der Waals surface area contributed by atoms with E-state index in [9.17, 15) is 9.59 Å². The highest BCUT2D eigenvalue weighted by Crippen LogP contribution is 2.33. The molecule has 2 aliphatic rings. The largest absolute Gasteiger partial charge is 0.281 e. The molecule has 2 aromatic rings. The molecule has 98 valence electrons. The number of amides is 1. The SMILES string of the molecule is O=C1CCc2nc3sc4c(c3c(=O)n2N1)CCCC4. The highest BCUT2D eigenvalue weighted by atomic mass is 32.1. The molecule has 4 rings (SSSR count). The van der Waals surface area contributed by atoms with Crippen molar-refractivity contribution in [1.29, 1.82) is 0 Å². The van der Waals surface area contributed by atoms with Crippen molar-refractivity contribution in [3.05, 3.63) is 26.6 Å². The van der Waals surface area contributed by atoms with Crippen LogP contribution in [0.4, 0.5) is 0 Å². The number of aromatic nitrogens is 2. The molecule has 1 aliphatic heterocycles. The molecule has 6 heteroatoms. The fourth-order valence-electron chi connectivity index (χ4n) is 2.94. The quantitative estimate of drug-likeness (QED) is 0.789. The first-order valence-electron chi connectivity index (χ1n) is 6.60. The van der Waals surface area contributed by atoms with E-state index in [1.165, 1.54) is 21.5 Å². The summed E-state index contributed by atoms with van der Waals surface area (Å²) in [7, 11) is 0. The van der Waals surface area contributed by atoms with E-state index in [1.54, 1.807) is 11.3 Å². The van der Waals surface area contributed by atoms with Crippen LogP contribution in [0.15, 0.2) is 4.79 Å². The van der Waals surface area contributed by atoms with Crippen molar-refractivity contribution in [1.82, 2.24) is 9.66 Å². The number of carbonyl (C=O) groups is 1. The Hall–Kier alpha value is -1.69. The fraction of sp³-hybridized carbons (Fsp3) is 0.462. The Bertz CT molecular complexity index is 759. The van der Waals surface area contributed by atoms with E-state index in [4.69, 9.17) is 0 Å². The fourth-order valence-corrected chi connectivity index (χ4v) is 4.21. The van der Waals surface area contributed by atoms with Crippen molar-refractivity contribution in [3.8, 4) is 0 Å². The first-order valence-corrected chi connectivity index (χ1v) is 7.42. The standard InChI is InChI=1S/C13H13N3O2S/c17-10-6-5-9-14-12-11(13(18)16(9)15-10)7-3-1-2-4-8(7)19-12/h1-6H2,(H,15,17). The van der Waals surface area contributed by atoms with Gasteiger partial charge >= 0.3 is 0 Å². The molecule has 1 amide bonds. The summed E-state index contributed by atoms with van der Waals surface area (Å²) in [5.74, 6) is 0.565. The first kappa shape index (κ1) is 11.2. The van der Waals surface area contributed by atoms with Crippen LogP contribution >= 0.6 is 11.3 Å². The van der Waals surface area contributed by atoms with Gasteiger partial charge in [0.2, 0.25) is 5.91 Å². The third-order valence-corrected chi connectivity index (χ3v) is 5.06. The predicted octanol–water partition coefficient (Wildman–Crippen LogP) is 1.35. The van der Waals surface area contributed by atoms with Gasteiger partial charge in [-0.3, -0.25) is 15.0 Å². The van der Waals surface area contributed by atoms with Gasteiger partial charge in [-0.2, -0.15) is 0 Å². The number of thiophene rings is 1. The van der Waals surface area contributed by atoms with Crippen molar-refractivity contribution in [3.63, 3.8) is 0 Å². The smallest absolute Gasteiger partial charge is 0.273 e. The van der Waals surface area contributed by atoms with Crippen LogP contribution in [0.1, 0.15) is 35.5 Å². The van der Waals surface area contributed by atoms with E-state index >= 15 is 0 Å². The lowest BCUT2D eigenvalue weighted by Crippen LogP contribution is -2.40. The second-order valence-electron chi connectivity index (χ2n) is 5.09. The average Bonchev–Trinajstić information content (AvgIpc) is 2.78. The molecule has 3 heterocycles. The van der Waals surface area contributed by atoms with E-state index < -0.39 is 0 Å². The highest BCUT2D eigenvalue weighted by Gasteiger charge is 2.24. The van der Waals surface area contributed by atoms with Gasteiger partial charge in [0, 0.05) is 17.7 Å². The minimum Gasteiger partial charge on any atom is -0.273 e. The maximum atomic E-state index is 12.6. The van der Waals surface area contributed by atoms with Crippen LogP contribution < -0.4 is 11.0 Å². The summed E-state index contributed by atoms with van der Waals surface area (Å²) >= 11 is 1.65. The molecule has 0 fully saturated rings. The number of hydrogen-bond donors (Lipinski definition) is 1. The summed E-state index contributed by atoms with van der Waals surface area (Å²) in [5.41, 5.74) is 3.69. The Morgan fingerprint density at radius 1 is 1.11 bits per heavy atom. The van der Waals surface area contributed by atoms with Gasteiger partial charge in [-0.25, -0.2) is 9.66 Å². The second kappa shape index (κ2) is 3.90. The number of fused-ring (bicyclic) bond motifs is 4. The second-order valence-corrected chi connectivity index (χ2v) is 6.18. The monoisotopic (exact) mass is 275 g/mol. The summed E-state index contributed by atoms with van der Waals surface area (Å²) < 4.78 is 1.34. The lowest BCUT2D eigenvalue weighted by molar-refractivity contribution is -0.117. The third kappa shape index (κ3) is 1.56. The molecular formula is C13H13N3O2S. The Balaban J connectivity index is 2.05. The van der Waals surface area contributed by atoms with Crippen molar-refractivity contribution in [2.75, 3.05) is 5.43 Å². The summed E-state index contributed by atoms with van der Waals surface area (Å²) in [6.45, 7) is 0. The number of carbonyl (C=O) groups excluding carboxylic acids is 1. The van der Waals surface area contributed by atoms with Crippen LogP contribution in [0, 0.1) is 0 Å². The normalized spacial score (nSPS) is 18.0. The van der Waals surface area contributed by atoms with Crippen molar-refractivity contribution in [2.45, 2.75) is 38.5 Å². The molecular weight excluding hydrogens is 262 g/mol. The Morgan fingerprint density at radius 2 is 1.95 bits per heavy atom. The average molecular weight is 275 g/mol. The lowest BCUT2D eigenvalue weighted by Gasteiger charge is -2.18. The molecule has 0 spiro atoms. The first-order chi connectivity index (χ1) is 9.24. The Kier molecular flexibility index (Phi) is 2.29. The number of rotatable bonds is 0. The molecule has 0 unspecified atom stereocenters. The number of aryl methyl sites for hydroxylation is 3. The third-order valence-electron chi connectivity index (χ3n) is 3.87. The summed E-state index contributed by atoms with van der Waals surface area (Å²) in [4.78, 5) is 30.7. The van der Waals surface area contributed by atoms with Gasteiger partial charge in [-0.1, -0.05) is 0 Å². The molecule has 0 saturated carbocycles. The van der Waals surface area contributed by atoms with E-state index in [2.05, 4.69) is 10.4 Å². The summed E-state index contributed by atoms with van der Waals surface area (Å²) in [6.07, 6.45) is 5.28. The van der Waals surface area contributed by atoms with E-state index in [0.29, 0.717) is 18.7 Å². The van der Waals surface area contributed by atoms with Crippen LogP contribution in [0.25, 0.3) is 10.2 Å². The Labute approximate surface area is 113 Å². The van der Waals surface area contributed by atoms with Crippen molar-refractivity contribution < 1.29 is 4.79 Å². The minimum atomic E-state index is -0.111. The van der Waals surface area contributed by atoms with Crippen LogP contribution in [0.2, 0.25) is 0 Å². The van der Waals surface area contributed by atoms with Crippen LogP contribution in [-0.2, 0) is 24.1 Å². The van der Waals surface area contributed by atoms with Gasteiger partial charge in [0.1, 0.15) is 10.7 Å². The molecule has 0 bridgehead atoms. The molecule has 0 aromatic carbocycles. The zero-order valence-electron chi connectivity index (χ0n) is 10.4. The molecule has 2 aromatic heterocycles. The number of nitrogens with one attached hydrogen (secondary N) is 1. The topological polar surface area (TPSA) is 64.0 Å². The summed E-state index contributed by atoms with van der Waals surface area (Å²) in [5, 5.41) is 0.727. The van der Waals surface area contributed by atoms with Crippen molar-refractivity contribution >= 4 is 27.5 Å². The zero-order chi connectivity index (χ0) is 13.0. The van der Waals surface area contributed by atoms with E-state index in [1.807, 2.05) is 0 Å². The van der Waals surface area contributed by atoms with Crippen LogP contribution in [-0.4, -0.2) is 15.6 Å². The molecule has 0 saturated heterocycles. The van der Waals surface area contributed by atoms with Gasteiger partial charge < -0.3 is 0 Å². The summed E-state index contributed by atoms with van der Waals surface area (Å²) in [6, 6.07) is 0. The molecule has 1 aliphatic carbocycles. The molecule has 5 nitrogen and oxygen atoms in total. The zero-order valence-corrected chi connectivity index (χ0v) is 11.2. The van der Waals surface area contributed by atoms with Gasteiger partial charge in [-0.15, -0.1) is 11.3 Å². The van der Waals surface area contributed by atoms with Gasteiger partial charge in [0.05, 0.1) is 5.39 Å². The van der Waals surface area contributed by atoms with Crippen molar-refractivity contribution in [2.24, 2.45) is 0 Å². The molecule has 0 radical (unpaired) electrons. The number of nitrogens with zero attached hydrogens (tertiary/aromatic N) is 2. The molecule has 0 atom stereocenters. The van der Waals surface area contributed by atoms with E-state index in [0.717, 1.165) is 29.5 Å². The molecule has 19 heavy (non-hydrogen) atoms. The van der Waals surface area contributed by atoms with Gasteiger partial charge in [0.15, 0.2) is 0 Å². The number of hydrogen-bond acceptors (Lipinski definition) is 4.